The van der Waals surface area contributed by atoms with Crippen LogP contribution in [0.4, 0.5) is 0 Å². The molecule has 2 aliphatic rings. The molecular formula is C14H28N2. The van der Waals surface area contributed by atoms with Crippen molar-refractivity contribution in [3.63, 3.8) is 0 Å². The van der Waals surface area contributed by atoms with Crippen molar-refractivity contribution in [1.82, 2.24) is 10.2 Å². The van der Waals surface area contributed by atoms with E-state index in [9.17, 15) is 0 Å². The zero-order valence-electron chi connectivity index (χ0n) is 11.0. The van der Waals surface area contributed by atoms with Gasteiger partial charge < -0.3 is 5.32 Å². The van der Waals surface area contributed by atoms with Crippen LogP contribution in [0.1, 0.15) is 58.8 Å². The van der Waals surface area contributed by atoms with Gasteiger partial charge in [0.1, 0.15) is 0 Å². The van der Waals surface area contributed by atoms with E-state index >= 15 is 0 Å². The number of nitrogens with zero attached hydrogens (tertiary/aromatic N) is 1. The zero-order valence-corrected chi connectivity index (χ0v) is 11.0. The van der Waals surface area contributed by atoms with Gasteiger partial charge in [0.05, 0.1) is 0 Å². The highest BCUT2D eigenvalue weighted by Gasteiger charge is 2.30. The highest BCUT2D eigenvalue weighted by Crippen LogP contribution is 2.25. The molecule has 0 amide bonds. The number of hydrogen-bond donors (Lipinski definition) is 1. The quantitative estimate of drug-likeness (QED) is 0.726. The van der Waals surface area contributed by atoms with E-state index in [-0.39, 0.29) is 0 Å². The summed E-state index contributed by atoms with van der Waals surface area (Å²) in [6.07, 6.45) is 10.0. The number of hydrogen-bond acceptors (Lipinski definition) is 2. The third-order valence-electron chi connectivity index (χ3n) is 4.42. The van der Waals surface area contributed by atoms with Crippen molar-refractivity contribution < 1.29 is 0 Å². The molecule has 1 N–H and O–H groups in total. The Morgan fingerprint density at radius 2 is 1.81 bits per heavy atom. The van der Waals surface area contributed by atoms with Crippen LogP contribution in [0, 0.1) is 0 Å². The van der Waals surface area contributed by atoms with Crippen LogP contribution in [-0.4, -0.2) is 36.1 Å². The molecule has 0 aromatic carbocycles. The van der Waals surface area contributed by atoms with E-state index in [1.165, 1.54) is 58.0 Å². The van der Waals surface area contributed by atoms with Crippen molar-refractivity contribution in [3.05, 3.63) is 0 Å². The molecule has 16 heavy (non-hydrogen) atoms. The Morgan fingerprint density at radius 3 is 2.44 bits per heavy atom. The molecule has 0 aromatic heterocycles. The summed E-state index contributed by atoms with van der Waals surface area (Å²) in [5.74, 6) is 0. The van der Waals surface area contributed by atoms with Gasteiger partial charge >= 0.3 is 0 Å². The Bertz CT molecular complexity index is 197. The lowest BCUT2D eigenvalue weighted by atomic mass is 9.99. The first-order valence-corrected chi connectivity index (χ1v) is 7.30. The van der Waals surface area contributed by atoms with Gasteiger partial charge in [0, 0.05) is 31.2 Å². The summed E-state index contributed by atoms with van der Waals surface area (Å²) in [7, 11) is 0. The fourth-order valence-corrected chi connectivity index (χ4v) is 3.40. The Labute approximate surface area is 101 Å². The van der Waals surface area contributed by atoms with Crippen LogP contribution >= 0.6 is 0 Å². The molecule has 2 fully saturated rings. The summed E-state index contributed by atoms with van der Waals surface area (Å²) in [4.78, 5) is 2.83. The van der Waals surface area contributed by atoms with E-state index in [1.807, 2.05) is 0 Å². The van der Waals surface area contributed by atoms with Gasteiger partial charge in [-0.2, -0.15) is 0 Å². The normalized spacial score (nSPS) is 34.9. The van der Waals surface area contributed by atoms with Gasteiger partial charge in [0.25, 0.3) is 0 Å². The summed E-state index contributed by atoms with van der Waals surface area (Å²) < 4.78 is 0. The highest BCUT2D eigenvalue weighted by atomic mass is 15.3. The molecule has 2 nitrogen and oxygen atoms in total. The first-order valence-electron chi connectivity index (χ1n) is 7.30. The van der Waals surface area contributed by atoms with Crippen LogP contribution in [0.15, 0.2) is 0 Å². The first-order chi connectivity index (χ1) is 7.81. The lowest BCUT2D eigenvalue weighted by Gasteiger charge is -2.43. The monoisotopic (exact) mass is 224 g/mol. The average molecular weight is 224 g/mol. The van der Waals surface area contributed by atoms with Crippen molar-refractivity contribution in [2.24, 2.45) is 0 Å². The molecule has 1 heterocycles. The minimum Gasteiger partial charge on any atom is -0.311 e. The molecule has 1 saturated heterocycles. The van der Waals surface area contributed by atoms with Crippen molar-refractivity contribution in [1.29, 1.82) is 0 Å². The van der Waals surface area contributed by atoms with E-state index in [0.29, 0.717) is 6.04 Å². The van der Waals surface area contributed by atoms with Crippen LogP contribution in [-0.2, 0) is 0 Å². The molecule has 1 aliphatic heterocycles. The van der Waals surface area contributed by atoms with Crippen LogP contribution in [0.25, 0.3) is 0 Å². The smallest absolute Gasteiger partial charge is 0.0221 e. The van der Waals surface area contributed by atoms with E-state index in [4.69, 9.17) is 0 Å². The highest BCUT2D eigenvalue weighted by molar-refractivity contribution is 4.88. The second-order valence-corrected chi connectivity index (χ2v) is 5.71. The number of nitrogens with one attached hydrogen (secondary N) is 1. The second kappa shape index (κ2) is 6.02. The fourth-order valence-electron chi connectivity index (χ4n) is 3.40. The van der Waals surface area contributed by atoms with E-state index in [2.05, 4.69) is 24.1 Å². The lowest BCUT2D eigenvalue weighted by molar-refractivity contribution is 0.0745. The first kappa shape index (κ1) is 12.4. The molecule has 0 aromatic rings. The SMILES string of the molecule is CCC1CNC(C)CN1C1CCCCCC1. The molecule has 2 unspecified atom stereocenters. The van der Waals surface area contributed by atoms with Gasteiger partial charge in [0.2, 0.25) is 0 Å². The van der Waals surface area contributed by atoms with Crippen molar-refractivity contribution >= 4 is 0 Å². The van der Waals surface area contributed by atoms with Crippen LogP contribution in [0.2, 0.25) is 0 Å². The maximum atomic E-state index is 3.63. The molecule has 0 bridgehead atoms. The summed E-state index contributed by atoms with van der Waals surface area (Å²) in [5.41, 5.74) is 0. The Balaban J connectivity index is 1.97. The van der Waals surface area contributed by atoms with Crippen LogP contribution in [0.3, 0.4) is 0 Å². The fraction of sp³-hybridized carbons (Fsp3) is 1.00. The molecule has 2 rings (SSSR count). The summed E-state index contributed by atoms with van der Waals surface area (Å²) in [5, 5.41) is 3.63. The molecule has 0 radical (unpaired) electrons. The summed E-state index contributed by atoms with van der Waals surface area (Å²) in [6.45, 7) is 7.14. The largest absolute Gasteiger partial charge is 0.311 e. The summed E-state index contributed by atoms with van der Waals surface area (Å²) in [6, 6.07) is 2.36. The van der Waals surface area contributed by atoms with E-state index in [1.54, 1.807) is 0 Å². The van der Waals surface area contributed by atoms with Crippen molar-refractivity contribution in [2.75, 3.05) is 13.1 Å². The van der Waals surface area contributed by atoms with E-state index in [0.717, 1.165) is 12.1 Å². The lowest BCUT2D eigenvalue weighted by Crippen LogP contribution is -2.58. The second-order valence-electron chi connectivity index (χ2n) is 5.71. The predicted octanol–water partition coefficient (Wildman–Crippen LogP) is 2.78. The molecule has 1 aliphatic carbocycles. The maximum Gasteiger partial charge on any atom is 0.0221 e. The van der Waals surface area contributed by atoms with Gasteiger partial charge in [-0.15, -0.1) is 0 Å². The van der Waals surface area contributed by atoms with Crippen LogP contribution in [0.5, 0.6) is 0 Å². The molecule has 94 valence electrons. The van der Waals surface area contributed by atoms with Crippen LogP contribution < -0.4 is 5.32 Å². The standard InChI is InChI=1S/C14H28N2/c1-3-13-10-15-12(2)11-16(13)14-8-6-4-5-7-9-14/h12-15H,3-11H2,1-2H3. The third-order valence-corrected chi connectivity index (χ3v) is 4.42. The van der Waals surface area contributed by atoms with Gasteiger partial charge in [-0.1, -0.05) is 32.6 Å². The van der Waals surface area contributed by atoms with Gasteiger partial charge in [-0.3, -0.25) is 4.90 Å². The number of rotatable bonds is 2. The average Bonchev–Trinajstić information content (AvgIpc) is 2.57. The Hall–Kier alpha value is -0.0800. The molecule has 2 atom stereocenters. The van der Waals surface area contributed by atoms with Gasteiger partial charge in [-0.05, 0) is 26.2 Å². The minimum absolute atomic E-state index is 0.686. The Kier molecular flexibility index (Phi) is 4.66. The predicted molar refractivity (Wildman–Crippen MR) is 69.7 cm³/mol. The topological polar surface area (TPSA) is 15.3 Å². The van der Waals surface area contributed by atoms with Crippen molar-refractivity contribution in [3.8, 4) is 0 Å². The van der Waals surface area contributed by atoms with Gasteiger partial charge in [0.15, 0.2) is 0 Å². The molecule has 1 saturated carbocycles. The van der Waals surface area contributed by atoms with Crippen molar-refractivity contribution in [2.45, 2.75) is 76.9 Å². The molecule has 0 spiro atoms. The van der Waals surface area contributed by atoms with E-state index < -0.39 is 0 Å². The minimum atomic E-state index is 0.686. The maximum absolute atomic E-state index is 3.63. The Morgan fingerprint density at radius 1 is 1.12 bits per heavy atom. The zero-order chi connectivity index (χ0) is 11.4. The van der Waals surface area contributed by atoms with Gasteiger partial charge in [-0.25, -0.2) is 0 Å². The number of piperazine rings is 1. The summed E-state index contributed by atoms with van der Waals surface area (Å²) >= 11 is 0. The molecular weight excluding hydrogens is 196 g/mol. The molecule has 2 heteroatoms. The third kappa shape index (κ3) is 2.98.